The molecule has 2 saturated carbocycles. The molecule has 0 amide bonds. The van der Waals surface area contributed by atoms with E-state index in [2.05, 4.69) is 26.8 Å². The van der Waals surface area contributed by atoms with Gasteiger partial charge in [-0.2, -0.15) is 0 Å². The molecule has 0 heterocycles. The van der Waals surface area contributed by atoms with Crippen LogP contribution in [0.25, 0.3) is 0 Å². The van der Waals surface area contributed by atoms with E-state index in [9.17, 15) is 5.11 Å². The predicted octanol–water partition coefficient (Wildman–Crippen LogP) is 3.53. The monoisotopic (exact) mass is 220 g/mol. The molecule has 1 N–H and O–H groups in total. The lowest BCUT2D eigenvalue weighted by atomic mass is 9.56. The highest BCUT2D eigenvalue weighted by molar-refractivity contribution is 5.38. The summed E-state index contributed by atoms with van der Waals surface area (Å²) in [6.45, 7) is 7.39. The summed E-state index contributed by atoms with van der Waals surface area (Å²) in [5.41, 5.74) is 2.49. The molecule has 0 aromatic carbocycles. The first-order chi connectivity index (χ1) is 7.52. The molecule has 3 aliphatic carbocycles. The van der Waals surface area contributed by atoms with E-state index in [0.29, 0.717) is 17.4 Å². The highest BCUT2D eigenvalue weighted by atomic mass is 16.3. The van der Waals surface area contributed by atoms with E-state index < -0.39 is 0 Å². The summed E-state index contributed by atoms with van der Waals surface area (Å²) in [5.74, 6) is 0.819. The van der Waals surface area contributed by atoms with E-state index in [1.165, 1.54) is 32.1 Å². The second-order valence-electron chi connectivity index (χ2n) is 6.75. The number of aliphatic hydroxyl groups excluding tert-OH is 1. The average Bonchev–Trinajstić information content (AvgIpc) is 2.81. The van der Waals surface area contributed by atoms with Crippen LogP contribution < -0.4 is 0 Å². The normalized spacial score (nSPS) is 55.0. The van der Waals surface area contributed by atoms with Crippen LogP contribution in [0.4, 0.5) is 0 Å². The van der Waals surface area contributed by atoms with Crippen LogP contribution in [0, 0.1) is 22.2 Å². The number of hydrogen-bond acceptors (Lipinski definition) is 1. The minimum absolute atomic E-state index is 0.0539. The highest BCUT2D eigenvalue weighted by Crippen LogP contribution is 2.77. The summed E-state index contributed by atoms with van der Waals surface area (Å²) >= 11 is 0. The molecule has 90 valence electrons. The third kappa shape index (κ3) is 0.827. The van der Waals surface area contributed by atoms with Crippen LogP contribution in [0.1, 0.15) is 52.9 Å². The van der Waals surface area contributed by atoms with Gasteiger partial charge in [0, 0.05) is 10.8 Å². The maximum absolute atomic E-state index is 9.87. The summed E-state index contributed by atoms with van der Waals surface area (Å²) in [6.07, 6.45) is 9.18. The first-order valence-corrected chi connectivity index (χ1v) is 6.83. The fourth-order valence-electron chi connectivity index (χ4n) is 5.89. The van der Waals surface area contributed by atoms with E-state index in [-0.39, 0.29) is 5.41 Å². The molecule has 1 unspecified atom stereocenters. The van der Waals surface area contributed by atoms with Crippen molar-refractivity contribution < 1.29 is 5.11 Å². The van der Waals surface area contributed by atoms with Crippen molar-refractivity contribution in [3.8, 4) is 0 Å². The molecule has 16 heavy (non-hydrogen) atoms. The lowest BCUT2D eigenvalue weighted by molar-refractivity contribution is -0.00503. The van der Waals surface area contributed by atoms with Crippen LogP contribution in [-0.2, 0) is 0 Å². The van der Waals surface area contributed by atoms with Crippen LogP contribution in [0.5, 0.6) is 0 Å². The van der Waals surface area contributed by atoms with Gasteiger partial charge in [-0.15, -0.1) is 0 Å². The van der Waals surface area contributed by atoms with E-state index in [1.54, 1.807) is 5.57 Å². The van der Waals surface area contributed by atoms with Gasteiger partial charge in [0.1, 0.15) is 0 Å². The van der Waals surface area contributed by atoms with Crippen molar-refractivity contribution >= 4 is 0 Å². The van der Waals surface area contributed by atoms with Crippen molar-refractivity contribution in [1.29, 1.82) is 0 Å². The topological polar surface area (TPSA) is 20.2 Å². The number of aliphatic hydroxyl groups is 1. The summed E-state index contributed by atoms with van der Waals surface area (Å²) in [6, 6.07) is 0. The summed E-state index contributed by atoms with van der Waals surface area (Å²) < 4.78 is 0. The molecule has 0 aromatic heterocycles. The zero-order valence-corrected chi connectivity index (χ0v) is 10.8. The average molecular weight is 220 g/mol. The molecule has 0 bridgehead atoms. The Kier molecular flexibility index (Phi) is 1.98. The first kappa shape index (κ1) is 10.8. The molecule has 0 spiro atoms. The Labute approximate surface area is 98.9 Å². The largest absolute Gasteiger partial charge is 0.395 e. The van der Waals surface area contributed by atoms with Gasteiger partial charge in [-0.05, 0) is 43.9 Å². The maximum atomic E-state index is 9.87. The van der Waals surface area contributed by atoms with Crippen molar-refractivity contribution in [1.82, 2.24) is 0 Å². The van der Waals surface area contributed by atoms with Crippen molar-refractivity contribution in [3.63, 3.8) is 0 Å². The Morgan fingerprint density at radius 1 is 1.38 bits per heavy atom. The third-order valence-electron chi connectivity index (χ3n) is 6.53. The number of allylic oxidation sites excluding steroid dienone is 1. The number of hydrogen-bond donors (Lipinski definition) is 1. The van der Waals surface area contributed by atoms with Crippen LogP contribution in [0.2, 0.25) is 0 Å². The van der Waals surface area contributed by atoms with Crippen molar-refractivity contribution in [2.45, 2.75) is 52.9 Å². The Morgan fingerprint density at radius 2 is 2.12 bits per heavy atom. The van der Waals surface area contributed by atoms with Crippen LogP contribution in [0.3, 0.4) is 0 Å². The molecule has 0 radical (unpaired) electrons. The molecule has 1 nitrogen and oxygen atoms in total. The first-order valence-electron chi connectivity index (χ1n) is 6.83. The fourth-order valence-corrected chi connectivity index (χ4v) is 5.89. The molecule has 1 heteroatoms. The fraction of sp³-hybridized carbons (Fsp3) is 0.867. The van der Waals surface area contributed by atoms with Gasteiger partial charge in [-0.1, -0.05) is 31.9 Å². The molecule has 0 aromatic rings. The predicted molar refractivity (Wildman–Crippen MR) is 66.1 cm³/mol. The Bertz CT molecular complexity index is 358. The molecule has 4 atom stereocenters. The zero-order chi connectivity index (χ0) is 11.6. The van der Waals surface area contributed by atoms with Crippen molar-refractivity contribution in [3.05, 3.63) is 11.6 Å². The molecule has 2 fully saturated rings. The second-order valence-corrected chi connectivity index (χ2v) is 6.75. The summed E-state index contributed by atoms with van der Waals surface area (Å²) in [5, 5.41) is 9.87. The van der Waals surface area contributed by atoms with Gasteiger partial charge in [0.05, 0.1) is 6.61 Å². The van der Waals surface area contributed by atoms with Crippen LogP contribution >= 0.6 is 0 Å². The molecule has 3 aliphatic rings. The minimum atomic E-state index is 0.0539. The Balaban J connectivity index is 2.20. The Morgan fingerprint density at radius 3 is 2.81 bits per heavy atom. The smallest absolute Gasteiger partial charge is 0.0525 e. The summed E-state index contributed by atoms with van der Waals surface area (Å²) in [4.78, 5) is 0. The van der Waals surface area contributed by atoms with Crippen molar-refractivity contribution in [2.75, 3.05) is 6.61 Å². The van der Waals surface area contributed by atoms with E-state index >= 15 is 0 Å². The van der Waals surface area contributed by atoms with E-state index in [4.69, 9.17) is 0 Å². The van der Waals surface area contributed by atoms with Crippen LogP contribution in [-0.4, -0.2) is 11.7 Å². The van der Waals surface area contributed by atoms with Crippen molar-refractivity contribution in [2.24, 2.45) is 22.2 Å². The van der Waals surface area contributed by atoms with Gasteiger partial charge < -0.3 is 5.11 Å². The van der Waals surface area contributed by atoms with E-state index in [0.717, 1.165) is 5.92 Å². The zero-order valence-electron chi connectivity index (χ0n) is 10.8. The van der Waals surface area contributed by atoms with Gasteiger partial charge >= 0.3 is 0 Å². The quantitative estimate of drug-likeness (QED) is 0.670. The second kappa shape index (κ2) is 2.93. The maximum Gasteiger partial charge on any atom is 0.0525 e. The van der Waals surface area contributed by atoms with Gasteiger partial charge in [0.15, 0.2) is 0 Å². The summed E-state index contributed by atoms with van der Waals surface area (Å²) in [7, 11) is 0. The molecular formula is C15H24O. The molecule has 0 saturated heterocycles. The van der Waals surface area contributed by atoms with Gasteiger partial charge in [0.25, 0.3) is 0 Å². The lowest BCUT2D eigenvalue weighted by Gasteiger charge is -2.47. The van der Waals surface area contributed by atoms with Crippen LogP contribution in [0.15, 0.2) is 11.6 Å². The molecule has 3 rings (SSSR count). The highest BCUT2D eigenvalue weighted by Gasteiger charge is 2.70. The third-order valence-corrected chi connectivity index (χ3v) is 6.53. The van der Waals surface area contributed by atoms with E-state index in [1.807, 2.05) is 0 Å². The molecular weight excluding hydrogens is 196 g/mol. The standard InChI is InChI=1S/C15H24O/c1-11-5-8-14-6-4-7-15(11,14)12(2)9-13(14,3)10-16/h9,11,16H,4-8,10H2,1-3H3/t11-,13-,14?,15-/m1/s1. The van der Waals surface area contributed by atoms with Gasteiger partial charge in [0.2, 0.25) is 0 Å². The Hall–Kier alpha value is -0.300. The molecule has 0 aliphatic heterocycles. The van der Waals surface area contributed by atoms with Gasteiger partial charge in [-0.25, -0.2) is 0 Å². The minimum Gasteiger partial charge on any atom is -0.395 e. The van der Waals surface area contributed by atoms with Gasteiger partial charge in [-0.3, -0.25) is 0 Å². The number of rotatable bonds is 1. The lowest BCUT2D eigenvalue weighted by Crippen LogP contribution is -2.44. The SMILES string of the molecule is CC1=C[C@](C)(CO)C23CCC[C@@]12[C@H](C)CC3.